The number of alkyl halides is 2. The number of hydrogen-bond donors (Lipinski definition) is 2. The highest BCUT2D eigenvalue weighted by molar-refractivity contribution is 8.05. The van der Waals surface area contributed by atoms with Crippen LogP contribution in [-0.4, -0.2) is 42.2 Å². The van der Waals surface area contributed by atoms with E-state index in [1.807, 2.05) is 0 Å². The second-order valence-electron chi connectivity index (χ2n) is 4.53. The van der Waals surface area contributed by atoms with E-state index in [9.17, 15) is 18.0 Å². The predicted octanol–water partition coefficient (Wildman–Crippen LogP) is 0.447. The molecule has 1 atom stereocenters. The molecule has 0 saturated heterocycles. The number of aliphatic imine (C=N–C) groups is 1. The summed E-state index contributed by atoms with van der Waals surface area (Å²) in [6.45, 7) is 0. The number of hydrogen-bond acceptors (Lipinski definition) is 5. The standard InChI is InChI=1S/C12H11Cl2N3O4S/c1-22(20,21)11-15-10(19)12(17-11,9(13)14)16-8(18)7-5-3-2-4-6-7/h2-6,9H,1H3,(H,16,18)(H,15,17,19)/t12-/m1/s1. The Kier molecular flexibility index (Phi) is 4.46. The van der Waals surface area contributed by atoms with E-state index in [-0.39, 0.29) is 5.56 Å². The van der Waals surface area contributed by atoms with Crippen LogP contribution in [0.15, 0.2) is 35.3 Å². The van der Waals surface area contributed by atoms with E-state index in [0.29, 0.717) is 0 Å². The van der Waals surface area contributed by atoms with E-state index in [1.54, 1.807) is 18.2 Å². The smallest absolute Gasteiger partial charge is 0.277 e. The Bertz CT molecular complexity index is 749. The second-order valence-corrected chi connectivity index (χ2v) is 7.56. The maximum absolute atomic E-state index is 12.2. The Morgan fingerprint density at radius 1 is 1.32 bits per heavy atom. The quantitative estimate of drug-likeness (QED) is 0.760. The number of sulfone groups is 1. The van der Waals surface area contributed by atoms with Gasteiger partial charge in [-0.15, -0.1) is 0 Å². The highest BCUT2D eigenvalue weighted by atomic mass is 35.5. The number of halogens is 2. The number of carbonyl (C=O) groups excluding carboxylic acids is 2. The predicted molar refractivity (Wildman–Crippen MR) is 82.6 cm³/mol. The number of nitrogens with one attached hydrogen (secondary N) is 2. The first-order valence-corrected chi connectivity index (χ1v) is 8.70. The Morgan fingerprint density at radius 2 is 1.91 bits per heavy atom. The van der Waals surface area contributed by atoms with Crippen molar-refractivity contribution in [2.75, 3.05) is 6.26 Å². The van der Waals surface area contributed by atoms with Gasteiger partial charge in [0.05, 0.1) is 0 Å². The molecule has 2 N–H and O–H groups in total. The van der Waals surface area contributed by atoms with Gasteiger partial charge in [-0.25, -0.2) is 13.4 Å². The first-order valence-electron chi connectivity index (χ1n) is 5.94. The Labute approximate surface area is 136 Å². The van der Waals surface area contributed by atoms with Crippen LogP contribution in [0.25, 0.3) is 0 Å². The van der Waals surface area contributed by atoms with Gasteiger partial charge in [-0.2, -0.15) is 0 Å². The molecule has 0 unspecified atom stereocenters. The molecule has 1 aromatic rings. The van der Waals surface area contributed by atoms with E-state index in [2.05, 4.69) is 15.6 Å². The van der Waals surface area contributed by atoms with Gasteiger partial charge in [0.1, 0.15) is 0 Å². The van der Waals surface area contributed by atoms with Gasteiger partial charge in [-0.05, 0) is 12.1 Å². The maximum Gasteiger partial charge on any atom is 0.277 e. The number of benzene rings is 1. The molecule has 1 aliphatic rings. The van der Waals surface area contributed by atoms with Crippen LogP contribution in [-0.2, 0) is 14.6 Å². The molecular formula is C12H11Cl2N3O4S. The summed E-state index contributed by atoms with van der Waals surface area (Å²) in [5, 5.41) is 3.76. The minimum atomic E-state index is -3.79. The molecule has 0 radical (unpaired) electrons. The van der Waals surface area contributed by atoms with E-state index in [0.717, 1.165) is 6.26 Å². The molecule has 22 heavy (non-hydrogen) atoms. The molecule has 2 amide bonds. The van der Waals surface area contributed by atoms with E-state index in [4.69, 9.17) is 23.2 Å². The van der Waals surface area contributed by atoms with Crippen LogP contribution < -0.4 is 10.6 Å². The Balaban J connectivity index is 2.41. The summed E-state index contributed by atoms with van der Waals surface area (Å²) in [6, 6.07) is 7.98. The molecule has 0 spiro atoms. The van der Waals surface area contributed by atoms with Crippen molar-refractivity contribution in [1.82, 2.24) is 10.6 Å². The van der Waals surface area contributed by atoms with Gasteiger partial charge in [0, 0.05) is 11.8 Å². The van der Waals surface area contributed by atoms with Gasteiger partial charge in [0.15, 0.2) is 4.84 Å². The third-order valence-electron chi connectivity index (χ3n) is 2.85. The zero-order chi connectivity index (χ0) is 16.5. The van der Waals surface area contributed by atoms with Crippen molar-refractivity contribution in [1.29, 1.82) is 0 Å². The average molecular weight is 364 g/mol. The Hall–Kier alpha value is -1.64. The number of rotatable bonds is 3. The van der Waals surface area contributed by atoms with Crippen molar-refractivity contribution < 1.29 is 18.0 Å². The monoisotopic (exact) mass is 363 g/mol. The summed E-state index contributed by atoms with van der Waals surface area (Å²) in [4.78, 5) is 26.5. The minimum Gasteiger partial charge on any atom is -0.318 e. The molecule has 1 aromatic carbocycles. The topological polar surface area (TPSA) is 105 Å². The van der Waals surface area contributed by atoms with Gasteiger partial charge in [-0.3, -0.25) is 14.9 Å². The summed E-state index contributed by atoms with van der Waals surface area (Å²) >= 11 is 11.5. The van der Waals surface area contributed by atoms with Gasteiger partial charge < -0.3 is 5.32 Å². The number of nitrogens with zero attached hydrogens (tertiary/aromatic N) is 1. The van der Waals surface area contributed by atoms with Crippen molar-refractivity contribution in [2.24, 2.45) is 4.99 Å². The Morgan fingerprint density at radius 3 is 2.36 bits per heavy atom. The highest BCUT2D eigenvalue weighted by Gasteiger charge is 2.52. The summed E-state index contributed by atoms with van der Waals surface area (Å²) in [5.41, 5.74) is -1.86. The summed E-state index contributed by atoms with van der Waals surface area (Å²) in [6.07, 6.45) is 0.860. The lowest BCUT2D eigenvalue weighted by Gasteiger charge is -2.25. The summed E-state index contributed by atoms with van der Waals surface area (Å²) < 4.78 is 23.0. The second kappa shape index (κ2) is 5.86. The first kappa shape index (κ1) is 16.7. The van der Waals surface area contributed by atoms with Gasteiger partial charge in [-0.1, -0.05) is 41.4 Å². The van der Waals surface area contributed by atoms with Crippen molar-refractivity contribution in [3.8, 4) is 0 Å². The molecule has 1 heterocycles. The van der Waals surface area contributed by atoms with Crippen molar-refractivity contribution >= 4 is 50.0 Å². The average Bonchev–Trinajstić information content (AvgIpc) is 2.78. The summed E-state index contributed by atoms with van der Waals surface area (Å²) in [5.74, 6) is -1.59. The van der Waals surface area contributed by atoms with E-state index >= 15 is 0 Å². The van der Waals surface area contributed by atoms with Crippen LogP contribution in [0.3, 0.4) is 0 Å². The minimum absolute atomic E-state index is 0.242. The van der Waals surface area contributed by atoms with Gasteiger partial charge >= 0.3 is 0 Å². The SMILES string of the molecule is CS(=O)(=O)C1=N[C@](NC(=O)c2ccccc2)(C(Cl)Cl)C(=O)N1. The lowest BCUT2D eigenvalue weighted by atomic mass is 10.1. The molecule has 0 fully saturated rings. The van der Waals surface area contributed by atoms with Crippen molar-refractivity contribution in [3.05, 3.63) is 35.9 Å². The fraction of sp³-hybridized carbons (Fsp3) is 0.250. The third-order valence-corrected chi connectivity index (χ3v) is 4.38. The largest absolute Gasteiger partial charge is 0.318 e. The van der Waals surface area contributed by atoms with E-state index < -0.39 is 37.3 Å². The molecule has 2 rings (SSSR count). The van der Waals surface area contributed by atoms with Gasteiger partial charge in [0.2, 0.25) is 20.7 Å². The number of carbonyl (C=O) groups is 2. The molecule has 0 bridgehead atoms. The number of amidine groups is 1. The molecule has 0 saturated carbocycles. The normalized spacial score (nSPS) is 21.5. The van der Waals surface area contributed by atoms with Crippen LogP contribution in [0.1, 0.15) is 10.4 Å². The summed E-state index contributed by atoms with van der Waals surface area (Å²) in [7, 11) is -3.79. The van der Waals surface area contributed by atoms with Crippen molar-refractivity contribution in [2.45, 2.75) is 10.5 Å². The van der Waals surface area contributed by atoms with Crippen molar-refractivity contribution in [3.63, 3.8) is 0 Å². The maximum atomic E-state index is 12.2. The first-order chi connectivity index (χ1) is 10.2. The molecular weight excluding hydrogens is 353 g/mol. The molecule has 10 heteroatoms. The zero-order valence-electron chi connectivity index (χ0n) is 11.2. The lowest BCUT2D eigenvalue weighted by Crippen LogP contribution is -2.58. The van der Waals surface area contributed by atoms with E-state index in [1.165, 1.54) is 12.1 Å². The molecule has 0 aromatic heterocycles. The third kappa shape index (κ3) is 3.08. The van der Waals surface area contributed by atoms with Gasteiger partial charge in [0.25, 0.3) is 11.8 Å². The zero-order valence-corrected chi connectivity index (χ0v) is 13.5. The van der Waals surface area contributed by atoms with Crippen LogP contribution in [0.5, 0.6) is 0 Å². The highest BCUT2D eigenvalue weighted by Crippen LogP contribution is 2.27. The molecule has 118 valence electrons. The van der Waals surface area contributed by atoms with Crippen LogP contribution in [0.2, 0.25) is 0 Å². The molecule has 0 aliphatic carbocycles. The lowest BCUT2D eigenvalue weighted by molar-refractivity contribution is -0.124. The molecule has 7 nitrogen and oxygen atoms in total. The van der Waals surface area contributed by atoms with Crippen LogP contribution in [0.4, 0.5) is 0 Å². The number of amides is 2. The fourth-order valence-corrected chi connectivity index (χ4v) is 2.72. The van der Waals surface area contributed by atoms with Crippen LogP contribution >= 0.6 is 23.2 Å². The van der Waals surface area contributed by atoms with Crippen LogP contribution in [0, 0.1) is 0 Å². The fourth-order valence-electron chi connectivity index (χ4n) is 1.73. The molecule has 1 aliphatic heterocycles.